The Bertz CT molecular complexity index is 187. The summed E-state index contributed by atoms with van der Waals surface area (Å²) in [6.07, 6.45) is 1.52. The lowest BCUT2D eigenvalue weighted by Gasteiger charge is -2.06. The zero-order valence-electron chi connectivity index (χ0n) is 8.72. The van der Waals surface area contributed by atoms with E-state index < -0.39 is 8.80 Å². The summed E-state index contributed by atoms with van der Waals surface area (Å²) in [7, 11) is 0.922. The summed E-state index contributed by atoms with van der Waals surface area (Å²) in [5, 5.41) is 0. The van der Waals surface area contributed by atoms with Crippen LogP contribution in [0, 0.1) is 0 Å². The van der Waals surface area contributed by atoms with Crippen molar-refractivity contribution < 1.29 is 14.3 Å². The highest BCUT2D eigenvalue weighted by Crippen LogP contribution is 2.08. The standard InChI is InChI=1S/C9H17O3Si/c1-5-12-6-8(7-13(3)4)9(10)11-2/h6H,5,7H2,1-4H3. The summed E-state index contributed by atoms with van der Waals surface area (Å²) in [4.78, 5) is 11.2. The number of ether oxygens (including phenoxy) is 2. The Morgan fingerprint density at radius 2 is 2.08 bits per heavy atom. The fourth-order valence-corrected chi connectivity index (χ4v) is 1.85. The average Bonchev–Trinajstić information content (AvgIpc) is 2.10. The highest BCUT2D eigenvalue weighted by Gasteiger charge is 2.12. The van der Waals surface area contributed by atoms with Crippen LogP contribution in [0.2, 0.25) is 19.1 Å². The Morgan fingerprint density at radius 3 is 2.46 bits per heavy atom. The van der Waals surface area contributed by atoms with Gasteiger partial charge in [0.1, 0.15) is 0 Å². The van der Waals surface area contributed by atoms with Crippen molar-refractivity contribution in [2.45, 2.75) is 26.1 Å². The zero-order chi connectivity index (χ0) is 10.3. The van der Waals surface area contributed by atoms with Crippen LogP contribution in [0.1, 0.15) is 6.92 Å². The second kappa shape index (κ2) is 6.71. The van der Waals surface area contributed by atoms with Gasteiger partial charge in [0.05, 0.1) is 25.6 Å². The van der Waals surface area contributed by atoms with E-state index in [1.54, 1.807) is 0 Å². The van der Waals surface area contributed by atoms with Gasteiger partial charge in [-0.05, 0) is 13.0 Å². The minimum atomic E-state index is -0.467. The second-order valence-corrected chi connectivity index (χ2v) is 5.74. The van der Waals surface area contributed by atoms with Crippen LogP contribution >= 0.6 is 0 Å². The van der Waals surface area contributed by atoms with E-state index in [0.717, 1.165) is 6.04 Å². The summed E-state index contributed by atoms with van der Waals surface area (Å²) in [5.74, 6) is -0.278. The maximum atomic E-state index is 11.2. The highest BCUT2D eigenvalue weighted by molar-refractivity contribution is 6.57. The summed E-state index contributed by atoms with van der Waals surface area (Å²) in [5.41, 5.74) is 0.642. The van der Waals surface area contributed by atoms with Crippen LogP contribution in [0.5, 0.6) is 0 Å². The molecule has 0 bridgehead atoms. The van der Waals surface area contributed by atoms with Crippen molar-refractivity contribution in [3.05, 3.63) is 11.8 Å². The van der Waals surface area contributed by atoms with Gasteiger partial charge >= 0.3 is 5.97 Å². The summed E-state index contributed by atoms with van der Waals surface area (Å²) < 4.78 is 9.71. The van der Waals surface area contributed by atoms with Gasteiger partial charge in [0.2, 0.25) is 0 Å². The monoisotopic (exact) mass is 201 g/mol. The van der Waals surface area contributed by atoms with E-state index in [1.165, 1.54) is 13.4 Å². The molecule has 0 aromatic heterocycles. The van der Waals surface area contributed by atoms with E-state index in [-0.39, 0.29) is 5.97 Å². The molecule has 0 spiro atoms. The van der Waals surface area contributed by atoms with Crippen molar-refractivity contribution in [3.8, 4) is 0 Å². The number of hydrogen-bond acceptors (Lipinski definition) is 3. The Kier molecular flexibility index (Phi) is 6.31. The molecule has 0 N–H and O–H groups in total. The molecule has 0 atom stereocenters. The predicted octanol–water partition coefficient (Wildman–Crippen LogP) is 1.83. The van der Waals surface area contributed by atoms with Gasteiger partial charge in [-0.2, -0.15) is 0 Å². The topological polar surface area (TPSA) is 35.5 Å². The van der Waals surface area contributed by atoms with Crippen LogP contribution in [0.4, 0.5) is 0 Å². The third-order valence-corrected chi connectivity index (χ3v) is 2.47. The molecule has 0 saturated carbocycles. The Hall–Kier alpha value is -0.773. The van der Waals surface area contributed by atoms with Crippen molar-refractivity contribution in [1.82, 2.24) is 0 Å². The lowest BCUT2D eigenvalue weighted by atomic mass is 10.3. The Morgan fingerprint density at radius 1 is 1.46 bits per heavy atom. The number of esters is 1. The van der Waals surface area contributed by atoms with Crippen LogP contribution in [0.25, 0.3) is 0 Å². The van der Waals surface area contributed by atoms with E-state index in [4.69, 9.17) is 4.74 Å². The van der Waals surface area contributed by atoms with E-state index in [0.29, 0.717) is 12.2 Å². The first-order valence-corrected chi connectivity index (χ1v) is 7.00. The van der Waals surface area contributed by atoms with Gasteiger partial charge in [0.25, 0.3) is 0 Å². The molecule has 0 aliphatic heterocycles. The Labute approximate surface area is 81.3 Å². The number of carbonyl (C=O) groups excluding carboxylic acids is 1. The third kappa shape index (κ3) is 5.46. The molecule has 0 amide bonds. The van der Waals surface area contributed by atoms with E-state index in [9.17, 15) is 4.79 Å². The van der Waals surface area contributed by atoms with Gasteiger partial charge in [-0.3, -0.25) is 0 Å². The zero-order valence-corrected chi connectivity index (χ0v) is 9.72. The van der Waals surface area contributed by atoms with Gasteiger partial charge in [0, 0.05) is 8.80 Å². The molecule has 0 rings (SSSR count). The smallest absolute Gasteiger partial charge is 0.336 e. The van der Waals surface area contributed by atoms with Crippen LogP contribution in [-0.2, 0) is 14.3 Å². The number of hydrogen-bond donors (Lipinski definition) is 0. The van der Waals surface area contributed by atoms with Crippen LogP contribution < -0.4 is 0 Å². The van der Waals surface area contributed by atoms with Gasteiger partial charge in [-0.25, -0.2) is 4.79 Å². The van der Waals surface area contributed by atoms with E-state index in [1.807, 2.05) is 6.92 Å². The molecule has 0 unspecified atom stereocenters. The van der Waals surface area contributed by atoms with E-state index in [2.05, 4.69) is 17.8 Å². The molecule has 0 aliphatic carbocycles. The van der Waals surface area contributed by atoms with Gasteiger partial charge in [0.15, 0.2) is 0 Å². The first kappa shape index (κ1) is 12.2. The van der Waals surface area contributed by atoms with Crippen molar-refractivity contribution in [2.24, 2.45) is 0 Å². The van der Waals surface area contributed by atoms with Crippen LogP contribution in [0.15, 0.2) is 11.8 Å². The largest absolute Gasteiger partial charge is 0.501 e. The number of methoxy groups -OCH3 is 1. The third-order valence-electron chi connectivity index (χ3n) is 1.38. The SMILES string of the molecule is CCOC=C(C[Si](C)C)C(=O)OC. The lowest BCUT2D eigenvalue weighted by Crippen LogP contribution is -2.11. The average molecular weight is 201 g/mol. The van der Waals surface area contributed by atoms with Gasteiger partial charge in [-0.1, -0.05) is 13.1 Å². The minimum Gasteiger partial charge on any atom is -0.501 e. The van der Waals surface area contributed by atoms with Crippen molar-refractivity contribution >= 4 is 14.8 Å². The first-order valence-electron chi connectivity index (χ1n) is 4.29. The quantitative estimate of drug-likeness (QED) is 0.295. The molecule has 3 nitrogen and oxygen atoms in total. The molecule has 13 heavy (non-hydrogen) atoms. The van der Waals surface area contributed by atoms with Crippen molar-refractivity contribution in [1.29, 1.82) is 0 Å². The Balaban J connectivity index is 4.26. The van der Waals surface area contributed by atoms with E-state index >= 15 is 0 Å². The minimum absolute atomic E-state index is 0.278. The molecule has 1 radical (unpaired) electrons. The molecule has 0 aromatic carbocycles. The highest BCUT2D eigenvalue weighted by atomic mass is 28.3. The summed E-state index contributed by atoms with van der Waals surface area (Å²) in [6.45, 7) is 6.76. The maximum absolute atomic E-state index is 11.2. The predicted molar refractivity (Wildman–Crippen MR) is 54.0 cm³/mol. The molecule has 4 heteroatoms. The van der Waals surface area contributed by atoms with Crippen molar-refractivity contribution in [3.63, 3.8) is 0 Å². The van der Waals surface area contributed by atoms with Crippen molar-refractivity contribution in [2.75, 3.05) is 13.7 Å². The van der Waals surface area contributed by atoms with Crippen LogP contribution in [-0.4, -0.2) is 28.5 Å². The molecule has 0 heterocycles. The molecular formula is C9H17O3Si. The summed E-state index contributed by atoms with van der Waals surface area (Å²) in [6, 6.07) is 0.789. The molecule has 0 fully saturated rings. The molecular weight excluding hydrogens is 184 g/mol. The fourth-order valence-electron chi connectivity index (χ4n) is 0.858. The second-order valence-electron chi connectivity index (χ2n) is 2.97. The number of rotatable bonds is 5. The molecule has 0 aliphatic rings. The molecule has 75 valence electrons. The number of carbonyl (C=O) groups is 1. The fraction of sp³-hybridized carbons (Fsp3) is 0.667. The van der Waals surface area contributed by atoms with Crippen LogP contribution in [0.3, 0.4) is 0 Å². The normalized spacial score (nSPS) is 11.6. The summed E-state index contributed by atoms with van der Waals surface area (Å²) >= 11 is 0. The molecule has 0 saturated heterocycles. The maximum Gasteiger partial charge on any atom is 0.336 e. The lowest BCUT2D eigenvalue weighted by molar-refractivity contribution is -0.136. The first-order chi connectivity index (χ1) is 6.11. The van der Waals surface area contributed by atoms with Gasteiger partial charge < -0.3 is 9.47 Å². The van der Waals surface area contributed by atoms with Gasteiger partial charge in [-0.15, -0.1) is 0 Å². The molecule has 0 aromatic rings.